The fourth-order valence-corrected chi connectivity index (χ4v) is 4.25. The summed E-state index contributed by atoms with van der Waals surface area (Å²) in [5.74, 6) is -0.115. The van der Waals surface area contributed by atoms with Gasteiger partial charge < -0.3 is 10.6 Å². The molecule has 0 aliphatic carbocycles. The van der Waals surface area contributed by atoms with E-state index in [1.807, 2.05) is 40.7 Å². The molecule has 0 spiro atoms. The zero-order chi connectivity index (χ0) is 19.0. The second kappa shape index (κ2) is 7.05. The van der Waals surface area contributed by atoms with E-state index in [1.54, 1.807) is 17.0 Å². The van der Waals surface area contributed by atoms with Gasteiger partial charge >= 0.3 is 0 Å². The first-order valence-electron chi connectivity index (χ1n) is 8.56. The topological polar surface area (TPSA) is 83.7 Å². The largest absolute Gasteiger partial charge is 0.339 e. The van der Waals surface area contributed by atoms with E-state index in [4.69, 9.17) is 5.73 Å². The van der Waals surface area contributed by atoms with Crippen LogP contribution in [0.25, 0.3) is 0 Å². The molecule has 1 aliphatic rings. The number of benzene rings is 1. The van der Waals surface area contributed by atoms with Crippen LogP contribution in [0.2, 0.25) is 0 Å². The summed E-state index contributed by atoms with van der Waals surface area (Å²) in [4.78, 5) is 14.5. The Labute approximate surface area is 151 Å². The Morgan fingerprint density at radius 2 is 1.64 bits per heavy atom. The number of carbonyl (C=O) groups excluding carboxylic acids is 1. The van der Waals surface area contributed by atoms with E-state index < -0.39 is 16.1 Å². The van der Waals surface area contributed by atoms with Crippen molar-refractivity contribution in [1.29, 1.82) is 0 Å². The van der Waals surface area contributed by atoms with Gasteiger partial charge in [-0.25, -0.2) is 8.42 Å². The molecule has 1 amide bonds. The molecule has 140 valence electrons. The fraction of sp³-hybridized carbons (Fsp3) is 0.611. The number of aryl methyl sites for hydroxylation is 2. The molecular formula is C18H29N3O3S. The molecule has 1 heterocycles. The first-order valence-corrected chi connectivity index (χ1v) is 10.0. The van der Waals surface area contributed by atoms with E-state index in [0.29, 0.717) is 18.0 Å². The molecule has 0 aromatic heterocycles. The van der Waals surface area contributed by atoms with Crippen molar-refractivity contribution < 1.29 is 13.2 Å². The summed E-state index contributed by atoms with van der Waals surface area (Å²) < 4.78 is 27.1. The Balaban J connectivity index is 2.08. The van der Waals surface area contributed by atoms with Crippen molar-refractivity contribution in [2.24, 2.45) is 11.1 Å². The highest BCUT2D eigenvalue weighted by atomic mass is 32.2. The zero-order valence-corrected chi connectivity index (χ0v) is 16.6. The first-order chi connectivity index (χ1) is 11.4. The Bertz CT molecular complexity index is 745. The lowest BCUT2D eigenvalue weighted by molar-refractivity contribution is -0.136. The minimum atomic E-state index is -3.53. The van der Waals surface area contributed by atoms with Gasteiger partial charge in [-0.05, 0) is 42.5 Å². The van der Waals surface area contributed by atoms with Crippen molar-refractivity contribution >= 4 is 15.9 Å². The van der Waals surface area contributed by atoms with Crippen LogP contribution in [0.4, 0.5) is 0 Å². The molecule has 0 unspecified atom stereocenters. The summed E-state index contributed by atoms with van der Waals surface area (Å²) in [5, 5.41) is 0. The van der Waals surface area contributed by atoms with E-state index in [9.17, 15) is 13.2 Å². The highest BCUT2D eigenvalue weighted by Gasteiger charge is 2.35. The number of nitrogens with two attached hydrogens (primary N) is 1. The van der Waals surface area contributed by atoms with Gasteiger partial charge in [0.25, 0.3) is 0 Å². The molecule has 1 atom stereocenters. The summed E-state index contributed by atoms with van der Waals surface area (Å²) >= 11 is 0. The molecule has 0 bridgehead atoms. The minimum Gasteiger partial charge on any atom is -0.339 e. The van der Waals surface area contributed by atoms with Gasteiger partial charge in [0.2, 0.25) is 15.9 Å². The van der Waals surface area contributed by atoms with Crippen LogP contribution in [0.5, 0.6) is 0 Å². The van der Waals surface area contributed by atoms with Gasteiger partial charge in [-0.2, -0.15) is 4.31 Å². The third-order valence-electron chi connectivity index (χ3n) is 4.87. The summed E-state index contributed by atoms with van der Waals surface area (Å²) in [7, 11) is -3.53. The molecule has 1 saturated heterocycles. The maximum absolute atomic E-state index is 12.8. The van der Waals surface area contributed by atoms with E-state index in [0.717, 1.165) is 11.1 Å². The first kappa shape index (κ1) is 19.9. The zero-order valence-electron chi connectivity index (χ0n) is 15.7. The van der Waals surface area contributed by atoms with Gasteiger partial charge in [0.15, 0.2) is 0 Å². The van der Waals surface area contributed by atoms with Gasteiger partial charge in [-0.3, -0.25) is 4.79 Å². The standard InChI is InChI=1S/C18H29N3O3S/c1-13-6-7-15(12-14(13)2)25(23,24)21-10-8-20(9-11-21)17(22)16(19)18(3,4)5/h6-7,12,16H,8-11,19H2,1-5H3/t16-/m1/s1. The maximum Gasteiger partial charge on any atom is 0.243 e. The van der Waals surface area contributed by atoms with Gasteiger partial charge in [0.1, 0.15) is 0 Å². The van der Waals surface area contributed by atoms with Crippen LogP contribution in [-0.2, 0) is 14.8 Å². The number of sulfonamides is 1. The van der Waals surface area contributed by atoms with Crippen molar-refractivity contribution in [1.82, 2.24) is 9.21 Å². The number of nitrogens with zero attached hydrogens (tertiary/aromatic N) is 2. The molecule has 2 rings (SSSR count). The molecule has 1 fully saturated rings. The van der Waals surface area contributed by atoms with E-state index >= 15 is 0 Å². The number of rotatable bonds is 3. The monoisotopic (exact) mass is 367 g/mol. The van der Waals surface area contributed by atoms with E-state index in [-0.39, 0.29) is 24.4 Å². The van der Waals surface area contributed by atoms with Crippen LogP contribution in [0, 0.1) is 19.3 Å². The predicted molar refractivity (Wildman–Crippen MR) is 98.7 cm³/mol. The minimum absolute atomic E-state index is 0.115. The predicted octanol–water partition coefficient (Wildman–Crippen LogP) is 1.51. The third kappa shape index (κ3) is 4.22. The molecule has 1 aromatic carbocycles. The highest BCUT2D eigenvalue weighted by molar-refractivity contribution is 7.89. The van der Waals surface area contributed by atoms with Crippen LogP contribution in [0.1, 0.15) is 31.9 Å². The Hall–Kier alpha value is -1.44. The molecule has 0 radical (unpaired) electrons. The lowest BCUT2D eigenvalue weighted by Gasteiger charge is -2.37. The molecule has 0 saturated carbocycles. The van der Waals surface area contributed by atoms with Crippen LogP contribution in [0.15, 0.2) is 23.1 Å². The number of hydrogen-bond acceptors (Lipinski definition) is 4. The van der Waals surface area contributed by atoms with Crippen molar-refractivity contribution in [2.45, 2.75) is 45.6 Å². The number of carbonyl (C=O) groups is 1. The van der Waals surface area contributed by atoms with E-state index in [2.05, 4.69) is 0 Å². The third-order valence-corrected chi connectivity index (χ3v) is 6.76. The maximum atomic E-state index is 12.8. The normalized spacial score (nSPS) is 18.2. The quantitative estimate of drug-likeness (QED) is 0.878. The number of amides is 1. The Kier molecular flexibility index (Phi) is 5.61. The van der Waals surface area contributed by atoms with Gasteiger partial charge in [-0.1, -0.05) is 26.8 Å². The molecule has 7 heteroatoms. The summed E-state index contributed by atoms with van der Waals surface area (Å²) in [6.45, 7) is 10.9. The summed E-state index contributed by atoms with van der Waals surface area (Å²) in [6.07, 6.45) is 0. The molecule has 2 N–H and O–H groups in total. The Morgan fingerprint density at radius 1 is 1.08 bits per heavy atom. The van der Waals surface area contributed by atoms with Crippen LogP contribution < -0.4 is 5.73 Å². The van der Waals surface area contributed by atoms with Gasteiger partial charge in [0, 0.05) is 26.2 Å². The smallest absolute Gasteiger partial charge is 0.243 e. The lowest BCUT2D eigenvalue weighted by atomic mass is 9.86. The molecule has 1 aliphatic heterocycles. The Morgan fingerprint density at radius 3 is 2.12 bits per heavy atom. The number of piperazine rings is 1. The van der Waals surface area contributed by atoms with Crippen LogP contribution in [0.3, 0.4) is 0 Å². The summed E-state index contributed by atoms with van der Waals surface area (Å²) in [6, 6.07) is 4.59. The van der Waals surface area contributed by atoms with Crippen molar-refractivity contribution in [3.8, 4) is 0 Å². The average molecular weight is 368 g/mol. The van der Waals surface area contributed by atoms with Crippen LogP contribution >= 0.6 is 0 Å². The average Bonchev–Trinajstić information content (AvgIpc) is 2.55. The molecular weight excluding hydrogens is 338 g/mol. The fourth-order valence-electron chi connectivity index (χ4n) is 2.74. The second-order valence-corrected chi connectivity index (χ2v) is 9.76. The number of hydrogen-bond donors (Lipinski definition) is 1. The van der Waals surface area contributed by atoms with Gasteiger partial charge in [0.05, 0.1) is 10.9 Å². The van der Waals surface area contributed by atoms with Crippen molar-refractivity contribution in [3.05, 3.63) is 29.3 Å². The van der Waals surface area contributed by atoms with Crippen molar-refractivity contribution in [2.75, 3.05) is 26.2 Å². The lowest BCUT2D eigenvalue weighted by Crippen LogP contribution is -2.56. The summed E-state index contributed by atoms with van der Waals surface area (Å²) in [5.41, 5.74) is 7.74. The van der Waals surface area contributed by atoms with Crippen LogP contribution in [-0.4, -0.2) is 55.8 Å². The molecule has 6 nitrogen and oxygen atoms in total. The van der Waals surface area contributed by atoms with Gasteiger partial charge in [-0.15, -0.1) is 0 Å². The SMILES string of the molecule is Cc1ccc(S(=O)(=O)N2CCN(C(=O)[C@@H](N)C(C)(C)C)CC2)cc1C. The van der Waals surface area contributed by atoms with Crippen molar-refractivity contribution in [3.63, 3.8) is 0 Å². The highest BCUT2D eigenvalue weighted by Crippen LogP contribution is 2.22. The van der Waals surface area contributed by atoms with E-state index in [1.165, 1.54) is 4.31 Å². The second-order valence-electron chi connectivity index (χ2n) is 7.82. The molecule has 1 aromatic rings. The molecule has 25 heavy (non-hydrogen) atoms.